The Kier molecular flexibility index (Phi) is 2.19. The van der Waals surface area contributed by atoms with E-state index >= 15 is 0 Å². The average molecular weight is 202 g/mol. The Morgan fingerprint density at radius 3 is 2.33 bits per heavy atom. The first kappa shape index (κ1) is 9.26. The summed E-state index contributed by atoms with van der Waals surface area (Å²) >= 11 is 0. The fourth-order valence-electron chi connectivity index (χ4n) is 2.67. The summed E-state index contributed by atoms with van der Waals surface area (Å²) in [6.07, 6.45) is 7.95. The molecule has 1 nitrogen and oxygen atoms in total. The number of methoxy groups -OCH3 is 1. The van der Waals surface area contributed by atoms with Crippen LogP contribution in [0, 0.1) is 0 Å². The highest BCUT2D eigenvalue weighted by atomic mass is 16.5. The van der Waals surface area contributed by atoms with Crippen molar-refractivity contribution in [2.75, 3.05) is 7.11 Å². The molecule has 0 N–H and O–H groups in total. The number of benzene rings is 1. The molecule has 0 unspecified atom stereocenters. The molecule has 1 fully saturated rings. The highest BCUT2D eigenvalue weighted by Crippen LogP contribution is 2.45. The van der Waals surface area contributed by atoms with E-state index in [1.165, 1.54) is 49.7 Å². The van der Waals surface area contributed by atoms with Gasteiger partial charge in [0.2, 0.25) is 0 Å². The van der Waals surface area contributed by atoms with E-state index in [0.717, 1.165) is 11.7 Å². The molecule has 15 heavy (non-hydrogen) atoms. The van der Waals surface area contributed by atoms with Crippen LogP contribution >= 0.6 is 0 Å². The molecular formula is C14H18O. The zero-order chi connectivity index (χ0) is 10.3. The first-order chi connectivity index (χ1) is 7.38. The zero-order valence-corrected chi connectivity index (χ0v) is 9.38. The van der Waals surface area contributed by atoms with Crippen LogP contribution < -0.4 is 4.74 Å². The van der Waals surface area contributed by atoms with Gasteiger partial charge < -0.3 is 4.74 Å². The molecule has 2 aliphatic carbocycles. The summed E-state index contributed by atoms with van der Waals surface area (Å²) in [7, 11) is 1.80. The van der Waals surface area contributed by atoms with Gasteiger partial charge in [0.1, 0.15) is 5.75 Å². The second kappa shape index (κ2) is 3.55. The number of aryl methyl sites for hydroxylation is 2. The Hall–Kier alpha value is -0.980. The highest BCUT2D eigenvalue weighted by Gasteiger charge is 2.28. The van der Waals surface area contributed by atoms with Gasteiger partial charge in [0.05, 0.1) is 7.11 Å². The van der Waals surface area contributed by atoms with Crippen LogP contribution in [0.2, 0.25) is 0 Å². The molecule has 1 heteroatoms. The predicted octanol–water partition coefficient (Wildman–Crippen LogP) is 3.45. The van der Waals surface area contributed by atoms with Crippen molar-refractivity contribution >= 4 is 0 Å². The maximum absolute atomic E-state index is 5.51. The molecular weight excluding hydrogens is 184 g/mol. The van der Waals surface area contributed by atoms with Crippen molar-refractivity contribution in [2.24, 2.45) is 0 Å². The predicted molar refractivity (Wildman–Crippen MR) is 61.6 cm³/mol. The highest BCUT2D eigenvalue weighted by molar-refractivity contribution is 5.46. The molecule has 0 saturated heterocycles. The fourth-order valence-corrected chi connectivity index (χ4v) is 2.67. The third-order valence-electron chi connectivity index (χ3n) is 3.71. The number of fused-ring (bicyclic) bond motifs is 1. The summed E-state index contributed by atoms with van der Waals surface area (Å²) in [6, 6.07) is 4.72. The maximum Gasteiger partial charge on any atom is 0.122 e. The van der Waals surface area contributed by atoms with E-state index in [9.17, 15) is 0 Å². The van der Waals surface area contributed by atoms with Crippen molar-refractivity contribution in [3.05, 3.63) is 28.8 Å². The Morgan fingerprint density at radius 2 is 1.73 bits per heavy atom. The molecule has 0 aromatic heterocycles. The van der Waals surface area contributed by atoms with Gasteiger partial charge in [-0.1, -0.05) is 6.07 Å². The van der Waals surface area contributed by atoms with Crippen LogP contribution in [0.15, 0.2) is 12.1 Å². The quantitative estimate of drug-likeness (QED) is 0.713. The Bertz CT molecular complexity index is 377. The minimum Gasteiger partial charge on any atom is -0.496 e. The number of rotatable bonds is 2. The van der Waals surface area contributed by atoms with E-state index in [4.69, 9.17) is 4.74 Å². The minimum absolute atomic E-state index is 0.798. The van der Waals surface area contributed by atoms with Crippen LogP contribution in [0.1, 0.15) is 48.3 Å². The van der Waals surface area contributed by atoms with Gasteiger partial charge in [0, 0.05) is 0 Å². The molecule has 3 rings (SSSR count). The van der Waals surface area contributed by atoms with Gasteiger partial charge in [-0.25, -0.2) is 0 Å². The van der Waals surface area contributed by atoms with E-state index in [-0.39, 0.29) is 0 Å². The van der Waals surface area contributed by atoms with Gasteiger partial charge in [0.25, 0.3) is 0 Å². The SMILES string of the molecule is COc1cc2c(cc1C1CC1)CCCC2. The molecule has 2 aliphatic rings. The topological polar surface area (TPSA) is 9.23 Å². The van der Waals surface area contributed by atoms with Gasteiger partial charge in [-0.15, -0.1) is 0 Å². The van der Waals surface area contributed by atoms with Crippen molar-refractivity contribution in [3.8, 4) is 5.75 Å². The lowest BCUT2D eigenvalue weighted by Crippen LogP contribution is -2.04. The number of hydrogen-bond acceptors (Lipinski definition) is 1. The van der Waals surface area contributed by atoms with E-state index in [1.54, 1.807) is 12.7 Å². The molecule has 0 heterocycles. The molecule has 1 aromatic carbocycles. The maximum atomic E-state index is 5.51. The first-order valence-corrected chi connectivity index (χ1v) is 6.08. The summed E-state index contributed by atoms with van der Waals surface area (Å²) in [5.74, 6) is 1.94. The van der Waals surface area contributed by atoms with Crippen molar-refractivity contribution < 1.29 is 4.74 Å². The molecule has 0 bridgehead atoms. The third-order valence-corrected chi connectivity index (χ3v) is 3.71. The number of ether oxygens (including phenoxy) is 1. The minimum atomic E-state index is 0.798. The first-order valence-electron chi connectivity index (χ1n) is 6.08. The second-order valence-electron chi connectivity index (χ2n) is 4.84. The molecule has 0 radical (unpaired) electrons. The van der Waals surface area contributed by atoms with E-state index in [0.29, 0.717) is 0 Å². The van der Waals surface area contributed by atoms with Gasteiger partial charge >= 0.3 is 0 Å². The van der Waals surface area contributed by atoms with Crippen LogP contribution in [0.3, 0.4) is 0 Å². The van der Waals surface area contributed by atoms with Crippen molar-refractivity contribution in [3.63, 3.8) is 0 Å². The van der Waals surface area contributed by atoms with Crippen LogP contribution in [0.5, 0.6) is 5.75 Å². The zero-order valence-electron chi connectivity index (χ0n) is 9.38. The lowest BCUT2D eigenvalue weighted by atomic mass is 9.89. The van der Waals surface area contributed by atoms with Gasteiger partial charge in [-0.2, -0.15) is 0 Å². The second-order valence-corrected chi connectivity index (χ2v) is 4.84. The van der Waals surface area contributed by atoms with Gasteiger partial charge in [-0.05, 0) is 67.2 Å². The summed E-state index contributed by atoms with van der Waals surface area (Å²) in [5, 5.41) is 0. The Morgan fingerprint density at radius 1 is 1.07 bits per heavy atom. The lowest BCUT2D eigenvalue weighted by molar-refractivity contribution is 0.408. The molecule has 1 saturated carbocycles. The molecule has 0 spiro atoms. The normalized spacial score (nSPS) is 19.8. The lowest BCUT2D eigenvalue weighted by Gasteiger charge is -2.19. The van der Waals surface area contributed by atoms with Gasteiger partial charge in [-0.3, -0.25) is 0 Å². The molecule has 1 aromatic rings. The largest absolute Gasteiger partial charge is 0.496 e. The van der Waals surface area contributed by atoms with Crippen LogP contribution in [-0.2, 0) is 12.8 Å². The average Bonchev–Trinajstić information content (AvgIpc) is 3.11. The smallest absolute Gasteiger partial charge is 0.122 e. The Balaban J connectivity index is 2.05. The molecule has 0 aliphatic heterocycles. The van der Waals surface area contributed by atoms with Crippen LogP contribution in [0.4, 0.5) is 0 Å². The summed E-state index contributed by atoms with van der Waals surface area (Å²) < 4.78 is 5.51. The Labute approximate surface area is 91.5 Å². The van der Waals surface area contributed by atoms with Crippen LogP contribution in [-0.4, -0.2) is 7.11 Å². The number of hydrogen-bond donors (Lipinski definition) is 0. The van der Waals surface area contributed by atoms with Crippen LogP contribution in [0.25, 0.3) is 0 Å². The summed E-state index contributed by atoms with van der Waals surface area (Å²) in [6.45, 7) is 0. The van der Waals surface area contributed by atoms with Crippen molar-refractivity contribution in [2.45, 2.75) is 44.4 Å². The standard InChI is InChI=1S/C14H18O/c1-15-14-9-12-5-3-2-4-11(12)8-13(14)10-6-7-10/h8-10H,2-7H2,1H3. The third kappa shape index (κ3) is 1.64. The molecule has 0 amide bonds. The van der Waals surface area contributed by atoms with Crippen molar-refractivity contribution in [1.29, 1.82) is 0 Å². The molecule has 0 atom stereocenters. The summed E-state index contributed by atoms with van der Waals surface area (Å²) in [5.41, 5.74) is 4.59. The van der Waals surface area contributed by atoms with E-state index in [2.05, 4.69) is 12.1 Å². The monoisotopic (exact) mass is 202 g/mol. The van der Waals surface area contributed by atoms with Gasteiger partial charge in [0.15, 0.2) is 0 Å². The van der Waals surface area contributed by atoms with E-state index in [1.807, 2.05) is 0 Å². The summed E-state index contributed by atoms with van der Waals surface area (Å²) in [4.78, 5) is 0. The fraction of sp³-hybridized carbons (Fsp3) is 0.571. The van der Waals surface area contributed by atoms with E-state index < -0.39 is 0 Å². The molecule has 80 valence electrons. The van der Waals surface area contributed by atoms with Crippen molar-refractivity contribution in [1.82, 2.24) is 0 Å².